The summed E-state index contributed by atoms with van der Waals surface area (Å²) in [6.07, 6.45) is 1.28. The Morgan fingerprint density at radius 3 is 0.837 bits per heavy atom. The van der Waals surface area contributed by atoms with E-state index >= 15 is 0 Å². The van der Waals surface area contributed by atoms with E-state index in [2.05, 4.69) is 62.3 Å². The molecular formula is C34H78O5S4. The van der Waals surface area contributed by atoms with Crippen molar-refractivity contribution in [1.82, 2.24) is 0 Å². The molecule has 0 aliphatic heterocycles. The van der Waals surface area contributed by atoms with Crippen molar-refractivity contribution >= 4 is 42.2 Å². The second kappa shape index (κ2) is 26.5. The SMILES string of the molecule is CC(C)CS(=O)(=O)C(C)C.CC(C)CS(=O)(=O)C(C)C.CC(C)S(=O)C(C)C.CC(C)SC(C)C.CCC(C)(C)C(C)C. The Balaban J connectivity index is -0.000000141. The Labute approximate surface area is 280 Å². The fourth-order valence-corrected chi connectivity index (χ4v) is 7.62. The quantitative estimate of drug-likeness (QED) is 0.202. The van der Waals surface area contributed by atoms with Crippen LogP contribution in [0.15, 0.2) is 0 Å². The summed E-state index contributed by atoms with van der Waals surface area (Å²) in [5.74, 6) is 1.92. The maximum absolute atomic E-state index is 11.1. The molecule has 0 amide bonds. The van der Waals surface area contributed by atoms with Gasteiger partial charge in [-0.25, -0.2) is 16.8 Å². The van der Waals surface area contributed by atoms with E-state index in [0.29, 0.717) is 27.4 Å². The summed E-state index contributed by atoms with van der Waals surface area (Å²) in [7, 11) is -6.22. The zero-order valence-electron chi connectivity index (χ0n) is 32.5. The number of hydrogen-bond donors (Lipinski definition) is 0. The minimum atomic E-state index is -2.80. The summed E-state index contributed by atoms with van der Waals surface area (Å²) in [5.41, 5.74) is 0.542. The average molecular weight is 695 g/mol. The van der Waals surface area contributed by atoms with Gasteiger partial charge in [-0.3, -0.25) is 4.21 Å². The van der Waals surface area contributed by atoms with Gasteiger partial charge in [0.15, 0.2) is 19.7 Å². The summed E-state index contributed by atoms with van der Waals surface area (Å²) in [6, 6.07) is 0. The monoisotopic (exact) mass is 694 g/mol. The highest BCUT2D eigenvalue weighted by atomic mass is 32.2. The van der Waals surface area contributed by atoms with Gasteiger partial charge in [-0.05, 0) is 61.4 Å². The zero-order chi connectivity index (χ0) is 36.1. The first-order valence-corrected chi connectivity index (χ1v) is 22.0. The van der Waals surface area contributed by atoms with Crippen molar-refractivity contribution in [1.29, 1.82) is 0 Å². The van der Waals surface area contributed by atoms with Gasteiger partial charge in [0.25, 0.3) is 0 Å². The molecule has 0 fully saturated rings. The van der Waals surface area contributed by atoms with Crippen LogP contribution in [0.25, 0.3) is 0 Å². The minimum Gasteiger partial charge on any atom is -0.259 e. The zero-order valence-corrected chi connectivity index (χ0v) is 35.8. The second-order valence-electron chi connectivity index (χ2n) is 14.7. The fraction of sp³-hybridized carbons (Fsp3) is 1.00. The first-order valence-electron chi connectivity index (χ1n) is 16.4. The predicted octanol–water partition coefficient (Wildman–Crippen LogP) is 10.1. The van der Waals surface area contributed by atoms with Gasteiger partial charge in [0.2, 0.25) is 0 Å². The third-order valence-corrected chi connectivity index (χ3v) is 14.6. The van der Waals surface area contributed by atoms with E-state index in [0.717, 1.165) is 16.4 Å². The van der Waals surface area contributed by atoms with Crippen LogP contribution in [0.3, 0.4) is 0 Å². The van der Waals surface area contributed by atoms with Gasteiger partial charge in [0.05, 0.1) is 22.0 Å². The van der Waals surface area contributed by atoms with E-state index in [1.807, 2.05) is 67.2 Å². The Kier molecular flexibility index (Phi) is 32.6. The van der Waals surface area contributed by atoms with Crippen LogP contribution in [-0.4, -0.2) is 64.0 Å². The van der Waals surface area contributed by atoms with Crippen LogP contribution in [0, 0.1) is 23.2 Å². The van der Waals surface area contributed by atoms with Crippen molar-refractivity contribution in [2.24, 2.45) is 23.2 Å². The van der Waals surface area contributed by atoms with Crippen molar-refractivity contribution in [3.05, 3.63) is 0 Å². The van der Waals surface area contributed by atoms with Gasteiger partial charge in [-0.1, -0.05) is 124 Å². The molecule has 0 atom stereocenters. The van der Waals surface area contributed by atoms with Gasteiger partial charge >= 0.3 is 0 Å². The first kappa shape index (κ1) is 52.9. The molecule has 43 heavy (non-hydrogen) atoms. The molecule has 0 aromatic rings. The maximum Gasteiger partial charge on any atom is 0.152 e. The van der Waals surface area contributed by atoms with Crippen LogP contribution < -0.4 is 0 Å². The molecule has 0 aliphatic rings. The third kappa shape index (κ3) is 36.7. The van der Waals surface area contributed by atoms with Crippen molar-refractivity contribution in [2.75, 3.05) is 11.5 Å². The largest absolute Gasteiger partial charge is 0.259 e. The fourth-order valence-electron chi connectivity index (χ4n) is 2.81. The molecule has 0 aromatic carbocycles. The van der Waals surface area contributed by atoms with Gasteiger partial charge in [0, 0.05) is 21.3 Å². The lowest BCUT2D eigenvalue weighted by molar-refractivity contribution is 0.240. The molecule has 0 rings (SSSR count). The van der Waals surface area contributed by atoms with Gasteiger partial charge in [-0.15, -0.1) is 0 Å². The molecular weight excluding hydrogens is 617 g/mol. The normalized spacial score (nSPS) is 12.4. The highest BCUT2D eigenvalue weighted by Crippen LogP contribution is 2.28. The molecule has 0 bridgehead atoms. The number of rotatable bonds is 12. The molecule has 5 nitrogen and oxygen atoms in total. The highest BCUT2D eigenvalue weighted by molar-refractivity contribution is 8.00. The Bertz CT molecular complexity index is 806. The van der Waals surface area contributed by atoms with Crippen LogP contribution in [0.2, 0.25) is 0 Å². The van der Waals surface area contributed by atoms with Gasteiger partial charge in [0.1, 0.15) is 0 Å². The number of thioether (sulfide) groups is 1. The Morgan fingerprint density at radius 1 is 0.558 bits per heavy atom. The van der Waals surface area contributed by atoms with Crippen molar-refractivity contribution in [3.63, 3.8) is 0 Å². The van der Waals surface area contributed by atoms with Crippen LogP contribution in [0.4, 0.5) is 0 Å². The van der Waals surface area contributed by atoms with E-state index in [4.69, 9.17) is 0 Å². The molecule has 0 spiro atoms. The molecule has 9 heteroatoms. The number of sulfone groups is 2. The molecule has 0 unspecified atom stereocenters. The van der Waals surface area contributed by atoms with Crippen LogP contribution in [0.1, 0.15) is 152 Å². The van der Waals surface area contributed by atoms with Gasteiger partial charge < -0.3 is 0 Å². The topological polar surface area (TPSA) is 85.3 Å². The lowest BCUT2D eigenvalue weighted by atomic mass is 9.79. The van der Waals surface area contributed by atoms with Crippen molar-refractivity contribution < 1.29 is 21.0 Å². The summed E-state index contributed by atoms with van der Waals surface area (Å²) in [6.45, 7) is 42.8. The molecule has 0 radical (unpaired) electrons. The van der Waals surface area contributed by atoms with E-state index in [-0.39, 0.29) is 22.3 Å². The summed E-state index contributed by atoms with van der Waals surface area (Å²) in [4.78, 5) is 0. The van der Waals surface area contributed by atoms with Crippen molar-refractivity contribution in [2.45, 2.75) is 183 Å². The van der Waals surface area contributed by atoms with E-state index in [1.165, 1.54) is 6.42 Å². The van der Waals surface area contributed by atoms with E-state index < -0.39 is 30.5 Å². The first-order chi connectivity index (χ1) is 18.9. The van der Waals surface area contributed by atoms with E-state index in [1.54, 1.807) is 27.7 Å². The molecule has 0 aromatic heterocycles. The molecule has 0 aliphatic carbocycles. The van der Waals surface area contributed by atoms with E-state index in [9.17, 15) is 21.0 Å². The summed E-state index contributed by atoms with van der Waals surface area (Å²) >= 11 is 2.01. The molecule has 0 N–H and O–H groups in total. The summed E-state index contributed by atoms with van der Waals surface area (Å²) in [5, 5.41) is 1.76. The van der Waals surface area contributed by atoms with Crippen LogP contribution in [-0.2, 0) is 30.5 Å². The minimum absolute atomic E-state index is 0.227. The number of hydrogen-bond acceptors (Lipinski definition) is 6. The summed E-state index contributed by atoms with van der Waals surface area (Å²) < 4.78 is 55.5. The Hall–Kier alpha value is 0.400. The lowest BCUT2D eigenvalue weighted by Crippen LogP contribution is -2.20. The standard InChI is InChI=1S/C8H18.2C7H16O2S.C6H14OS.C6H14S/c1-6-8(4,5)7(2)3;2*1-6(2)5-10(8,9)7(3)4;1-5(2)8(7)6(3)4;1-5(2)7-6(3)4/h7H,6H2,1-5H3;2*6-7H,5H2,1-4H3;5-6H,1-4H3;5-6H,1-4H3. The molecule has 0 heterocycles. The molecule has 268 valence electrons. The molecule has 0 saturated heterocycles. The maximum atomic E-state index is 11.1. The Morgan fingerprint density at radius 2 is 0.814 bits per heavy atom. The third-order valence-electron chi connectivity index (χ3n) is 6.52. The van der Waals surface area contributed by atoms with Crippen LogP contribution in [0.5, 0.6) is 0 Å². The lowest BCUT2D eigenvalue weighted by Gasteiger charge is -2.27. The smallest absolute Gasteiger partial charge is 0.152 e. The van der Waals surface area contributed by atoms with Crippen molar-refractivity contribution in [3.8, 4) is 0 Å². The predicted molar refractivity (Wildman–Crippen MR) is 203 cm³/mol. The highest BCUT2D eigenvalue weighted by Gasteiger charge is 2.19. The average Bonchev–Trinajstić information content (AvgIpc) is 2.77. The second-order valence-corrected chi connectivity index (χ2v) is 24.6. The van der Waals surface area contributed by atoms with Crippen LogP contribution >= 0.6 is 11.8 Å². The van der Waals surface area contributed by atoms with Gasteiger partial charge in [-0.2, -0.15) is 11.8 Å². The molecule has 0 saturated carbocycles.